The fourth-order valence-electron chi connectivity index (χ4n) is 3.73. The molecule has 0 aliphatic carbocycles. The Balaban J connectivity index is 1.27. The SMILES string of the molecule is Cc1nn(-c2ccccc2)cc1NC(=O)N1CCC(OC[C@H]2CCCO2)CC1. The first-order valence-corrected chi connectivity index (χ1v) is 10.1. The van der Waals surface area contributed by atoms with Crippen molar-refractivity contribution in [3.05, 3.63) is 42.2 Å². The number of para-hydroxylation sites is 1. The second-order valence-electron chi connectivity index (χ2n) is 7.49. The van der Waals surface area contributed by atoms with Gasteiger partial charge in [0.05, 0.1) is 42.1 Å². The number of anilines is 1. The number of likely N-dealkylation sites (tertiary alicyclic amines) is 1. The number of hydrogen-bond donors (Lipinski definition) is 1. The lowest BCUT2D eigenvalue weighted by Crippen LogP contribution is -2.43. The summed E-state index contributed by atoms with van der Waals surface area (Å²) in [6.07, 6.45) is 6.29. The highest BCUT2D eigenvalue weighted by atomic mass is 16.5. The highest BCUT2D eigenvalue weighted by Gasteiger charge is 2.25. The molecule has 1 N–H and O–H groups in total. The Morgan fingerprint density at radius 3 is 2.75 bits per heavy atom. The van der Waals surface area contributed by atoms with Gasteiger partial charge in [0.15, 0.2) is 0 Å². The molecule has 0 radical (unpaired) electrons. The summed E-state index contributed by atoms with van der Waals surface area (Å²) in [7, 11) is 0. The molecule has 3 heterocycles. The first-order valence-electron chi connectivity index (χ1n) is 10.1. The van der Waals surface area contributed by atoms with E-state index in [9.17, 15) is 4.79 Å². The van der Waals surface area contributed by atoms with Crippen LogP contribution in [0.1, 0.15) is 31.4 Å². The van der Waals surface area contributed by atoms with Crippen molar-refractivity contribution in [2.24, 2.45) is 0 Å². The number of amides is 2. The van der Waals surface area contributed by atoms with Gasteiger partial charge in [-0.15, -0.1) is 0 Å². The third-order valence-corrected chi connectivity index (χ3v) is 5.43. The van der Waals surface area contributed by atoms with Crippen LogP contribution < -0.4 is 5.32 Å². The van der Waals surface area contributed by atoms with Gasteiger partial charge in [-0.1, -0.05) is 18.2 Å². The quantitative estimate of drug-likeness (QED) is 0.858. The van der Waals surface area contributed by atoms with Crippen LogP contribution in [0.2, 0.25) is 0 Å². The molecule has 7 nitrogen and oxygen atoms in total. The van der Waals surface area contributed by atoms with E-state index < -0.39 is 0 Å². The molecular formula is C21H28N4O3. The smallest absolute Gasteiger partial charge is 0.321 e. The summed E-state index contributed by atoms with van der Waals surface area (Å²) in [6.45, 7) is 4.84. The summed E-state index contributed by atoms with van der Waals surface area (Å²) in [5.41, 5.74) is 2.51. The molecule has 2 aliphatic heterocycles. The lowest BCUT2D eigenvalue weighted by molar-refractivity contribution is -0.0377. The van der Waals surface area contributed by atoms with Crippen molar-refractivity contribution in [1.29, 1.82) is 0 Å². The van der Waals surface area contributed by atoms with Gasteiger partial charge >= 0.3 is 6.03 Å². The van der Waals surface area contributed by atoms with Crippen molar-refractivity contribution in [3.63, 3.8) is 0 Å². The number of rotatable bonds is 5. The number of carbonyl (C=O) groups excluding carboxylic acids is 1. The van der Waals surface area contributed by atoms with Gasteiger partial charge in [0.2, 0.25) is 0 Å². The van der Waals surface area contributed by atoms with Gasteiger partial charge in [-0.2, -0.15) is 5.10 Å². The molecule has 0 bridgehead atoms. The number of hydrogen-bond acceptors (Lipinski definition) is 4. The number of aromatic nitrogens is 2. The minimum absolute atomic E-state index is 0.0757. The van der Waals surface area contributed by atoms with Crippen molar-refractivity contribution >= 4 is 11.7 Å². The maximum atomic E-state index is 12.7. The molecule has 0 saturated carbocycles. The van der Waals surface area contributed by atoms with E-state index in [1.165, 1.54) is 0 Å². The van der Waals surface area contributed by atoms with Crippen LogP contribution in [0, 0.1) is 6.92 Å². The van der Waals surface area contributed by atoms with Gasteiger partial charge in [-0.05, 0) is 44.7 Å². The van der Waals surface area contributed by atoms with E-state index in [-0.39, 0.29) is 18.2 Å². The standard InChI is InChI=1S/C21H28N4O3/c1-16-20(14-25(23-16)17-6-3-2-4-7-17)22-21(26)24-11-9-18(10-12-24)28-15-19-8-5-13-27-19/h2-4,6-7,14,18-19H,5,8-13,15H2,1H3,(H,22,26)/t19-/m1/s1. The molecular weight excluding hydrogens is 356 g/mol. The molecule has 0 spiro atoms. The first-order chi connectivity index (χ1) is 13.7. The lowest BCUT2D eigenvalue weighted by atomic mass is 10.1. The molecule has 2 fully saturated rings. The average molecular weight is 384 g/mol. The molecule has 7 heteroatoms. The number of urea groups is 1. The summed E-state index contributed by atoms with van der Waals surface area (Å²) < 4.78 is 13.4. The Bertz CT molecular complexity index is 778. The number of ether oxygens (including phenoxy) is 2. The zero-order chi connectivity index (χ0) is 19.3. The Morgan fingerprint density at radius 2 is 2.04 bits per heavy atom. The molecule has 1 aromatic carbocycles. The van der Waals surface area contributed by atoms with E-state index >= 15 is 0 Å². The highest BCUT2D eigenvalue weighted by molar-refractivity contribution is 5.89. The fourth-order valence-corrected chi connectivity index (χ4v) is 3.73. The number of piperidine rings is 1. The van der Waals surface area contributed by atoms with Crippen molar-refractivity contribution in [1.82, 2.24) is 14.7 Å². The van der Waals surface area contributed by atoms with Gasteiger partial charge in [0.1, 0.15) is 0 Å². The van der Waals surface area contributed by atoms with Crippen LogP contribution in [0.5, 0.6) is 0 Å². The minimum Gasteiger partial charge on any atom is -0.376 e. The molecule has 2 saturated heterocycles. The summed E-state index contributed by atoms with van der Waals surface area (Å²) in [5, 5.41) is 7.51. The van der Waals surface area contributed by atoms with Crippen molar-refractivity contribution < 1.29 is 14.3 Å². The molecule has 2 aliphatic rings. The Hall–Kier alpha value is -2.38. The topological polar surface area (TPSA) is 68.6 Å². The number of nitrogens with zero attached hydrogens (tertiary/aromatic N) is 3. The van der Waals surface area contributed by atoms with Gasteiger partial charge < -0.3 is 19.7 Å². The number of nitrogens with one attached hydrogen (secondary N) is 1. The summed E-state index contributed by atoms with van der Waals surface area (Å²) in [4.78, 5) is 14.5. The third kappa shape index (κ3) is 4.54. The van der Waals surface area contributed by atoms with Crippen LogP contribution in [0.4, 0.5) is 10.5 Å². The van der Waals surface area contributed by atoms with E-state index in [2.05, 4.69) is 10.4 Å². The predicted molar refractivity (Wildman–Crippen MR) is 107 cm³/mol. The van der Waals surface area contributed by atoms with Crippen LogP contribution >= 0.6 is 0 Å². The van der Waals surface area contributed by atoms with Gasteiger partial charge in [-0.25, -0.2) is 9.48 Å². The average Bonchev–Trinajstić information content (AvgIpc) is 3.38. The fraction of sp³-hybridized carbons (Fsp3) is 0.524. The number of benzene rings is 1. The summed E-state index contributed by atoms with van der Waals surface area (Å²) >= 11 is 0. The zero-order valence-electron chi connectivity index (χ0n) is 16.3. The normalized spacial score (nSPS) is 20.5. The molecule has 1 atom stereocenters. The highest BCUT2D eigenvalue weighted by Crippen LogP contribution is 2.20. The van der Waals surface area contributed by atoms with Crippen LogP contribution in [0.25, 0.3) is 5.69 Å². The largest absolute Gasteiger partial charge is 0.376 e. The Kier molecular flexibility index (Phi) is 5.92. The number of aryl methyl sites for hydroxylation is 1. The second kappa shape index (κ2) is 8.75. The van der Waals surface area contributed by atoms with Crippen LogP contribution in [-0.4, -0.2) is 59.2 Å². The Morgan fingerprint density at radius 1 is 1.25 bits per heavy atom. The molecule has 28 heavy (non-hydrogen) atoms. The molecule has 2 aromatic rings. The van der Waals surface area contributed by atoms with Crippen LogP contribution in [-0.2, 0) is 9.47 Å². The van der Waals surface area contributed by atoms with Crippen LogP contribution in [0.15, 0.2) is 36.5 Å². The van der Waals surface area contributed by atoms with Gasteiger partial charge in [-0.3, -0.25) is 0 Å². The molecule has 1 aromatic heterocycles. The molecule has 2 amide bonds. The maximum Gasteiger partial charge on any atom is 0.321 e. The maximum absolute atomic E-state index is 12.7. The molecule has 4 rings (SSSR count). The van der Waals surface area contributed by atoms with Crippen LogP contribution in [0.3, 0.4) is 0 Å². The molecule has 150 valence electrons. The van der Waals surface area contributed by atoms with E-state index in [4.69, 9.17) is 9.47 Å². The zero-order valence-corrected chi connectivity index (χ0v) is 16.3. The van der Waals surface area contributed by atoms with Gasteiger partial charge in [0.25, 0.3) is 0 Å². The number of carbonyl (C=O) groups is 1. The minimum atomic E-state index is -0.0757. The molecule has 0 unspecified atom stereocenters. The predicted octanol–water partition coefficient (Wildman–Crippen LogP) is 3.37. The third-order valence-electron chi connectivity index (χ3n) is 5.43. The van der Waals surface area contributed by atoms with E-state index in [0.717, 1.165) is 49.4 Å². The van der Waals surface area contributed by atoms with Crippen molar-refractivity contribution in [3.8, 4) is 5.69 Å². The van der Waals surface area contributed by atoms with E-state index in [0.29, 0.717) is 19.7 Å². The van der Waals surface area contributed by atoms with E-state index in [1.807, 2.05) is 48.4 Å². The monoisotopic (exact) mass is 384 g/mol. The van der Waals surface area contributed by atoms with Crippen molar-refractivity contribution in [2.75, 3.05) is 31.6 Å². The van der Waals surface area contributed by atoms with Gasteiger partial charge in [0, 0.05) is 19.7 Å². The lowest BCUT2D eigenvalue weighted by Gasteiger charge is -2.32. The second-order valence-corrected chi connectivity index (χ2v) is 7.49. The first kappa shape index (κ1) is 19.0. The van der Waals surface area contributed by atoms with E-state index in [1.54, 1.807) is 4.68 Å². The Labute approximate surface area is 165 Å². The summed E-state index contributed by atoms with van der Waals surface area (Å²) in [5.74, 6) is 0. The summed E-state index contributed by atoms with van der Waals surface area (Å²) in [6, 6.07) is 9.80. The van der Waals surface area contributed by atoms with Crippen molar-refractivity contribution in [2.45, 2.75) is 44.8 Å².